The number of piperidine rings is 1. The first kappa shape index (κ1) is 6.62. The molecule has 0 aliphatic carbocycles. The molecule has 2 heterocycles. The molecule has 2 heteroatoms. The normalized spacial score (nSPS) is 32.1. The third kappa shape index (κ3) is 0.956. The first-order valence-electron chi connectivity index (χ1n) is 3.94. The summed E-state index contributed by atoms with van der Waals surface area (Å²) in [5.41, 5.74) is 0.578. The molecule has 2 aliphatic heterocycles. The third-order valence-electron chi connectivity index (χ3n) is 2.73. The van der Waals surface area contributed by atoms with Crippen molar-refractivity contribution >= 4 is 0 Å². The summed E-state index contributed by atoms with van der Waals surface area (Å²) in [6.45, 7) is 4.31. The average molecular weight is 140 g/mol. The van der Waals surface area contributed by atoms with E-state index in [0.717, 1.165) is 26.3 Å². The third-order valence-corrected chi connectivity index (χ3v) is 2.73. The van der Waals surface area contributed by atoms with Crippen LogP contribution in [0.2, 0.25) is 0 Å². The smallest absolute Gasteiger partial charge is 0.0545 e. The molecule has 0 aromatic carbocycles. The number of ether oxygens (including phenoxy) is 1. The van der Waals surface area contributed by atoms with E-state index in [1.165, 1.54) is 12.8 Å². The Bertz CT molecular complexity index is 121. The average Bonchev–Trinajstić information content (AvgIpc) is 1.86. The zero-order valence-electron chi connectivity index (χ0n) is 6.31. The Morgan fingerprint density at radius 2 is 1.80 bits per heavy atom. The zero-order valence-corrected chi connectivity index (χ0v) is 6.31. The van der Waals surface area contributed by atoms with Crippen LogP contribution in [0.3, 0.4) is 0 Å². The summed E-state index contributed by atoms with van der Waals surface area (Å²) in [4.78, 5) is 2.16. The summed E-state index contributed by atoms with van der Waals surface area (Å²) in [5, 5.41) is 0. The Morgan fingerprint density at radius 1 is 1.20 bits per heavy atom. The second-order valence-electron chi connectivity index (χ2n) is 3.61. The largest absolute Gasteiger partial charge is 0.380 e. The molecule has 0 unspecified atom stereocenters. The fraction of sp³-hybridized carbons (Fsp3) is 0.875. The van der Waals surface area contributed by atoms with Gasteiger partial charge >= 0.3 is 0 Å². The maximum absolute atomic E-state index is 5.21. The van der Waals surface area contributed by atoms with Crippen molar-refractivity contribution in [3.8, 4) is 0 Å². The molecule has 2 rings (SSSR count). The summed E-state index contributed by atoms with van der Waals surface area (Å²) in [6.07, 6.45) is 2.58. The highest BCUT2D eigenvalue weighted by molar-refractivity contribution is 4.90. The van der Waals surface area contributed by atoms with Gasteiger partial charge in [0.15, 0.2) is 0 Å². The fourth-order valence-electron chi connectivity index (χ4n) is 1.71. The SMILES string of the molecule is [CH2]N1CCC2(CC1)COC2. The van der Waals surface area contributed by atoms with Crippen LogP contribution in [0, 0.1) is 12.5 Å². The molecule has 0 saturated carbocycles. The minimum atomic E-state index is 0.578. The number of hydrogen-bond acceptors (Lipinski definition) is 2. The Morgan fingerprint density at radius 3 is 2.20 bits per heavy atom. The number of rotatable bonds is 0. The van der Waals surface area contributed by atoms with Crippen molar-refractivity contribution in [1.82, 2.24) is 4.90 Å². The zero-order chi connectivity index (χ0) is 7.03. The van der Waals surface area contributed by atoms with E-state index in [2.05, 4.69) is 11.9 Å². The molecule has 0 bridgehead atoms. The maximum Gasteiger partial charge on any atom is 0.0545 e. The van der Waals surface area contributed by atoms with Crippen LogP contribution in [0.1, 0.15) is 12.8 Å². The van der Waals surface area contributed by atoms with E-state index in [0.29, 0.717) is 5.41 Å². The van der Waals surface area contributed by atoms with Gasteiger partial charge in [-0.25, -0.2) is 0 Å². The van der Waals surface area contributed by atoms with Gasteiger partial charge < -0.3 is 9.64 Å². The molecule has 2 aliphatic rings. The monoisotopic (exact) mass is 140 g/mol. The highest BCUT2D eigenvalue weighted by Crippen LogP contribution is 2.37. The van der Waals surface area contributed by atoms with E-state index in [-0.39, 0.29) is 0 Å². The lowest BCUT2D eigenvalue weighted by atomic mass is 9.77. The summed E-state index contributed by atoms with van der Waals surface area (Å²) in [5.74, 6) is 0. The standard InChI is InChI=1S/C8H14NO/c1-9-4-2-8(3-5-9)6-10-7-8/h1-7H2. The number of likely N-dealkylation sites (tertiary alicyclic amines) is 1. The van der Waals surface area contributed by atoms with E-state index in [1.54, 1.807) is 0 Å². The molecular formula is C8H14NO. The minimum absolute atomic E-state index is 0.578. The molecule has 10 heavy (non-hydrogen) atoms. The van der Waals surface area contributed by atoms with Gasteiger partial charge in [0, 0.05) is 12.5 Å². The van der Waals surface area contributed by atoms with Crippen LogP contribution in [0.4, 0.5) is 0 Å². The van der Waals surface area contributed by atoms with E-state index < -0.39 is 0 Å². The van der Waals surface area contributed by atoms with E-state index >= 15 is 0 Å². The van der Waals surface area contributed by atoms with Crippen LogP contribution in [0.15, 0.2) is 0 Å². The van der Waals surface area contributed by atoms with Gasteiger partial charge in [-0.2, -0.15) is 0 Å². The van der Waals surface area contributed by atoms with Gasteiger partial charge in [0.05, 0.1) is 13.2 Å². The molecule has 0 aromatic rings. The minimum Gasteiger partial charge on any atom is -0.380 e. The summed E-state index contributed by atoms with van der Waals surface area (Å²) in [6, 6.07) is 0. The molecule has 2 nitrogen and oxygen atoms in total. The quantitative estimate of drug-likeness (QED) is 0.495. The van der Waals surface area contributed by atoms with Crippen molar-refractivity contribution in [2.75, 3.05) is 26.3 Å². The molecule has 1 radical (unpaired) electrons. The highest BCUT2D eigenvalue weighted by Gasteiger charge is 2.40. The van der Waals surface area contributed by atoms with Crippen molar-refractivity contribution in [2.45, 2.75) is 12.8 Å². The fourth-order valence-corrected chi connectivity index (χ4v) is 1.71. The van der Waals surface area contributed by atoms with E-state index in [4.69, 9.17) is 4.74 Å². The van der Waals surface area contributed by atoms with Gasteiger partial charge in [-0.3, -0.25) is 0 Å². The number of hydrogen-bond donors (Lipinski definition) is 0. The molecule has 0 N–H and O–H groups in total. The van der Waals surface area contributed by atoms with Gasteiger partial charge in [0.2, 0.25) is 0 Å². The van der Waals surface area contributed by atoms with Gasteiger partial charge in [0.1, 0.15) is 0 Å². The van der Waals surface area contributed by atoms with Crippen molar-refractivity contribution < 1.29 is 4.74 Å². The molecule has 1 spiro atoms. The first-order chi connectivity index (χ1) is 4.81. The molecule has 0 amide bonds. The molecule has 2 fully saturated rings. The van der Waals surface area contributed by atoms with Crippen molar-refractivity contribution in [3.63, 3.8) is 0 Å². The molecule has 0 atom stereocenters. The van der Waals surface area contributed by atoms with Crippen LogP contribution >= 0.6 is 0 Å². The molecule has 2 saturated heterocycles. The van der Waals surface area contributed by atoms with Crippen LogP contribution in [0.25, 0.3) is 0 Å². The van der Waals surface area contributed by atoms with Crippen molar-refractivity contribution in [2.24, 2.45) is 5.41 Å². The first-order valence-corrected chi connectivity index (χ1v) is 3.94. The van der Waals surface area contributed by atoms with Crippen LogP contribution in [0.5, 0.6) is 0 Å². The van der Waals surface area contributed by atoms with Crippen molar-refractivity contribution in [1.29, 1.82) is 0 Å². The second-order valence-corrected chi connectivity index (χ2v) is 3.61. The summed E-state index contributed by atoms with van der Waals surface area (Å²) >= 11 is 0. The van der Waals surface area contributed by atoms with E-state index in [1.807, 2.05) is 0 Å². The van der Waals surface area contributed by atoms with Crippen LogP contribution in [-0.2, 0) is 4.74 Å². The molecule has 57 valence electrons. The van der Waals surface area contributed by atoms with Gasteiger partial charge in [0.25, 0.3) is 0 Å². The van der Waals surface area contributed by atoms with E-state index in [9.17, 15) is 0 Å². The lowest BCUT2D eigenvalue weighted by Gasteiger charge is -2.46. The Balaban J connectivity index is 1.90. The lowest BCUT2D eigenvalue weighted by Crippen LogP contribution is -2.49. The van der Waals surface area contributed by atoms with Crippen molar-refractivity contribution in [3.05, 3.63) is 7.05 Å². The summed E-state index contributed by atoms with van der Waals surface area (Å²) in [7, 11) is 3.91. The lowest BCUT2D eigenvalue weighted by molar-refractivity contribution is -0.136. The van der Waals surface area contributed by atoms with Crippen LogP contribution < -0.4 is 0 Å². The predicted octanol–water partition coefficient (Wildman–Crippen LogP) is 0.890. The van der Waals surface area contributed by atoms with Gasteiger partial charge in [-0.15, -0.1) is 0 Å². The topological polar surface area (TPSA) is 12.5 Å². The van der Waals surface area contributed by atoms with Gasteiger partial charge in [-0.05, 0) is 25.9 Å². The highest BCUT2D eigenvalue weighted by atomic mass is 16.5. The maximum atomic E-state index is 5.21. The Hall–Kier alpha value is -0.0800. The predicted molar refractivity (Wildman–Crippen MR) is 39.4 cm³/mol. The van der Waals surface area contributed by atoms with Gasteiger partial charge in [-0.1, -0.05) is 0 Å². The Kier molecular flexibility index (Phi) is 1.46. The van der Waals surface area contributed by atoms with Crippen LogP contribution in [-0.4, -0.2) is 31.2 Å². The summed E-state index contributed by atoms with van der Waals surface area (Å²) < 4.78 is 5.21. The molecule has 0 aromatic heterocycles. The Labute approximate surface area is 62.2 Å². The molecular weight excluding hydrogens is 126 g/mol. The second kappa shape index (κ2) is 2.21. The number of nitrogens with zero attached hydrogens (tertiary/aromatic N) is 1.